The van der Waals surface area contributed by atoms with Crippen molar-refractivity contribution in [3.8, 4) is 11.1 Å². The number of carbonyl (C=O) groups excluding carboxylic acids is 4. The molecule has 0 unspecified atom stereocenters. The third kappa shape index (κ3) is 2.37. The first kappa shape index (κ1) is 21.0. The molecule has 0 saturated heterocycles. The van der Waals surface area contributed by atoms with E-state index >= 15 is 0 Å². The zero-order valence-corrected chi connectivity index (χ0v) is 20.2. The first-order chi connectivity index (χ1) is 18.5. The molecule has 6 aromatic carbocycles. The van der Waals surface area contributed by atoms with E-state index in [1.165, 1.54) is 0 Å². The van der Waals surface area contributed by atoms with Gasteiger partial charge in [-0.25, -0.2) is 0 Å². The van der Waals surface area contributed by atoms with E-state index in [2.05, 4.69) is 17.6 Å². The second kappa shape index (κ2) is 7.01. The Labute approximate surface area is 215 Å². The van der Waals surface area contributed by atoms with Crippen LogP contribution in [0.1, 0.15) is 53.9 Å². The zero-order chi connectivity index (χ0) is 25.9. The molecule has 6 aromatic rings. The van der Waals surface area contributed by atoms with Crippen LogP contribution in [0.25, 0.3) is 54.2 Å². The van der Waals surface area contributed by atoms with E-state index in [1.807, 2.05) is 48.5 Å². The summed E-state index contributed by atoms with van der Waals surface area (Å²) in [6, 6.07) is 20.8. The summed E-state index contributed by atoms with van der Waals surface area (Å²) in [7, 11) is 0. The number of nitrogens with one attached hydrogen (secondary N) is 2. The van der Waals surface area contributed by atoms with E-state index < -0.39 is 23.6 Å². The lowest BCUT2D eigenvalue weighted by Gasteiger charge is -2.27. The van der Waals surface area contributed by atoms with Gasteiger partial charge < -0.3 is 0 Å². The monoisotopic (exact) mass is 494 g/mol. The number of hydrogen-bond donors (Lipinski definition) is 2. The Bertz CT molecular complexity index is 2110. The fourth-order valence-corrected chi connectivity index (χ4v) is 6.67. The van der Waals surface area contributed by atoms with Crippen LogP contribution in [-0.2, 0) is 6.42 Å². The Morgan fingerprint density at radius 1 is 0.500 bits per heavy atom. The summed E-state index contributed by atoms with van der Waals surface area (Å²) < 4.78 is 0. The van der Waals surface area contributed by atoms with Crippen molar-refractivity contribution >= 4 is 66.7 Å². The molecule has 2 aliphatic rings. The fraction of sp³-hybridized carbons (Fsp3) is 0.0625. The molecule has 6 heteroatoms. The maximum atomic E-state index is 13.5. The van der Waals surface area contributed by atoms with Crippen LogP contribution < -0.4 is 10.6 Å². The van der Waals surface area contributed by atoms with Crippen molar-refractivity contribution in [3.63, 3.8) is 0 Å². The van der Waals surface area contributed by atoms with E-state index in [0.29, 0.717) is 39.4 Å². The summed E-state index contributed by atoms with van der Waals surface area (Å²) >= 11 is 0. The van der Waals surface area contributed by atoms with Gasteiger partial charge >= 0.3 is 0 Å². The van der Waals surface area contributed by atoms with Gasteiger partial charge in [0.15, 0.2) is 0 Å². The Balaban J connectivity index is 1.74. The van der Waals surface area contributed by atoms with Gasteiger partial charge in [-0.15, -0.1) is 0 Å². The molecule has 2 heterocycles. The topological polar surface area (TPSA) is 92.3 Å². The molecule has 0 fully saturated rings. The minimum absolute atomic E-state index is 0.405. The van der Waals surface area contributed by atoms with Crippen molar-refractivity contribution in [2.24, 2.45) is 0 Å². The molecular formula is C32H18N2O4. The average molecular weight is 495 g/mol. The van der Waals surface area contributed by atoms with E-state index in [1.54, 1.807) is 18.2 Å². The van der Waals surface area contributed by atoms with Gasteiger partial charge in [-0.3, -0.25) is 29.8 Å². The quantitative estimate of drug-likeness (QED) is 0.183. The number of aryl methyl sites for hydroxylation is 1. The van der Waals surface area contributed by atoms with Crippen LogP contribution in [0, 0.1) is 0 Å². The molecule has 0 atom stereocenters. The average Bonchev–Trinajstić information content (AvgIpc) is 2.93. The Hall–Kier alpha value is -5.10. The summed E-state index contributed by atoms with van der Waals surface area (Å²) in [4.78, 5) is 52.2. The van der Waals surface area contributed by atoms with E-state index in [0.717, 1.165) is 49.0 Å². The van der Waals surface area contributed by atoms with Crippen LogP contribution >= 0.6 is 0 Å². The summed E-state index contributed by atoms with van der Waals surface area (Å²) in [5, 5.41) is 11.6. The van der Waals surface area contributed by atoms with Gasteiger partial charge in [0.05, 0.1) is 5.56 Å². The molecule has 180 valence electrons. The van der Waals surface area contributed by atoms with Crippen LogP contribution in [0.15, 0.2) is 66.7 Å². The van der Waals surface area contributed by atoms with Crippen LogP contribution in [0.4, 0.5) is 0 Å². The Morgan fingerprint density at radius 2 is 1.05 bits per heavy atom. The third-order valence-electron chi connectivity index (χ3n) is 8.11. The first-order valence-electron chi connectivity index (χ1n) is 12.5. The number of amides is 4. The van der Waals surface area contributed by atoms with Crippen LogP contribution in [-0.4, -0.2) is 23.6 Å². The smallest absolute Gasteiger partial charge is 0.259 e. The molecule has 2 N–H and O–H groups in total. The molecule has 8 rings (SSSR count). The maximum absolute atomic E-state index is 13.5. The van der Waals surface area contributed by atoms with Crippen LogP contribution in [0.2, 0.25) is 0 Å². The lowest BCUT2D eigenvalue weighted by Crippen LogP contribution is -2.35. The predicted octanol–water partition coefficient (Wildman–Crippen LogP) is 5.73. The zero-order valence-electron chi connectivity index (χ0n) is 20.2. The standard InChI is InChI=1S/C32H18N2O4/c1-2-15-22(14-6-4-3-5-7-14)28-27-21(31(37)34-32(28)38)12-9-17-16-8-11-19-25-20(30(36)33-29(19)35)13-10-18(24(16)25)23(15)26(17)27/h3-13H,2H2,1H3,(H,33,35,36)(H,34,37,38). The molecule has 0 bridgehead atoms. The molecule has 4 amide bonds. The maximum Gasteiger partial charge on any atom is 0.259 e. The fourth-order valence-electron chi connectivity index (χ4n) is 6.67. The van der Waals surface area contributed by atoms with Crippen molar-refractivity contribution in [1.29, 1.82) is 0 Å². The van der Waals surface area contributed by atoms with Crippen molar-refractivity contribution in [2.45, 2.75) is 13.3 Å². The highest BCUT2D eigenvalue weighted by atomic mass is 16.2. The van der Waals surface area contributed by atoms with E-state index in [9.17, 15) is 19.2 Å². The van der Waals surface area contributed by atoms with Crippen molar-refractivity contribution in [2.75, 3.05) is 0 Å². The molecular weight excluding hydrogens is 476 g/mol. The first-order valence-corrected chi connectivity index (χ1v) is 12.5. The number of hydrogen-bond acceptors (Lipinski definition) is 4. The van der Waals surface area contributed by atoms with Crippen LogP contribution in [0.3, 0.4) is 0 Å². The van der Waals surface area contributed by atoms with Gasteiger partial charge in [-0.05, 0) is 73.6 Å². The molecule has 0 aromatic heterocycles. The lowest BCUT2D eigenvalue weighted by molar-refractivity contribution is 0.0828. The third-order valence-corrected chi connectivity index (χ3v) is 8.11. The van der Waals surface area contributed by atoms with Crippen LogP contribution in [0.5, 0.6) is 0 Å². The van der Waals surface area contributed by atoms with Crippen molar-refractivity contribution < 1.29 is 19.2 Å². The summed E-state index contributed by atoms with van der Waals surface area (Å²) in [6.45, 7) is 2.06. The Kier molecular flexibility index (Phi) is 3.88. The summed E-state index contributed by atoms with van der Waals surface area (Å²) in [6.07, 6.45) is 0.630. The van der Waals surface area contributed by atoms with Crippen molar-refractivity contribution in [1.82, 2.24) is 10.6 Å². The minimum Gasteiger partial charge on any atom is -0.288 e. The van der Waals surface area contributed by atoms with Gasteiger partial charge in [0.1, 0.15) is 0 Å². The van der Waals surface area contributed by atoms with Gasteiger partial charge in [0.2, 0.25) is 0 Å². The molecule has 0 saturated carbocycles. The highest BCUT2D eigenvalue weighted by molar-refractivity contribution is 6.42. The Morgan fingerprint density at radius 3 is 1.68 bits per heavy atom. The summed E-state index contributed by atoms with van der Waals surface area (Å²) in [5.74, 6) is -1.64. The molecule has 2 aliphatic heterocycles. The number of fused-ring (bicyclic) bond motifs is 2. The number of imide groups is 2. The van der Waals surface area contributed by atoms with Gasteiger partial charge in [0, 0.05) is 27.5 Å². The molecule has 0 spiro atoms. The highest BCUT2D eigenvalue weighted by Crippen LogP contribution is 2.49. The normalized spacial score (nSPS) is 14.7. The number of carbonyl (C=O) groups is 4. The van der Waals surface area contributed by atoms with Gasteiger partial charge in [-0.1, -0.05) is 55.5 Å². The lowest BCUT2D eigenvalue weighted by atomic mass is 9.77. The molecule has 6 nitrogen and oxygen atoms in total. The predicted molar refractivity (Wildman–Crippen MR) is 146 cm³/mol. The summed E-state index contributed by atoms with van der Waals surface area (Å²) in [5.41, 5.74) is 4.57. The van der Waals surface area contributed by atoms with E-state index in [4.69, 9.17) is 0 Å². The second-order valence-electron chi connectivity index (χ2n) is 9.87. The highest BCUT2D eigenvalue weighted by Gasteiger charge is 2.34. The molecule has 0 aliphatic carbocycles. The largest absolute Gasteiger partial charge is 0.288 e. The number of rotatable bonds is 2. The van der Waals surface area contributed by atoms with E-state index in [-0.39, 0.29) is 0 Å². The van der Waals surface area contributed by atoms with Gasteiger partial charge in [-0.2, -0.15) is 0 Å². The number of benzene rings is 6. The molecule has 38 heavy (non-hydrogen) atoms. The second-order valence-corrected chi connectivity index (χ2v) is 9.87. The SMILES string of the molecule is CCc1c(-c2ccccc2)c2c3c(ccc4c5ccc6c7c(ccc(c1c34)c75)C(=O)NC6=O)C(=O)NC2=O. The van der Waals surface area contributed by atoms with Crippen molar-refractivity contribution in [3.05, 3.63) is 94.5 Å². The van der Waals surface area contributed by atoms with Gasteiger partial charge in [0.25, 0.3) is 23.6 Å². The molecule has 0 radical (unpaired) electrons. The minimum atomic E-state index is -0.415.